The Kier molecular flexibility index (Phi) is 5.93. The lowest BCUT2D eigenvalue weighted by Gasteiger charge is -2.21. The molecule has 0 saturated heterocycles. The van der Waals surface area contributed by atoms with Gasteiger partial charge in [-0.15, -0.1) is 0 Å². The highest BCUT2D eigenvalue weighted by Crippen LogP contribution is 2.08. The summed E-state index contributed by atoms with van der Waals surface area (Å²) in [6.07, 6.45) is 1.19. The van der Waals surface area contributed by atoms with E-state index in [9.17, 15) is 9.59 Å². The third-order valence-electron chi connectivity index (χ3n) is 2.55. The van der Waals surface area contributed by atoms with Gasteiger partial charge in [0.2, 0.25) is 5.91 Å². The maximum Gasteiger partial charge on any atom is 0.326 e. The van der Waals surface area contributed by atoms with Gasteiger partial charge in [0, 0.05) is 0 Å². The second kappa shape index (κ2) is 6.40. The Morgan fingerprint density at radius 1 is 1.33 bits per heavy atom. The molecule has 0 aliphatic heterocycles. The Labute approximate surface area is 90.0 Å². The van der Waals surface area contributed by atoms with E-state index < -0.39 is 24.0 Å². The van der Waals surface area contributed by atoms with Crippen molar-refractivity contribution >= 4 is 11.9 Å². The lowest BCUT2D eigenvalue weighted by Crippen LogP contribution is -2.50. The lowest BCUT2D eigenvalue weighted by molar-refractivity contribution is -0.143. The molecule has 5 heteroatoms. The first-order chi connectivity index (χ1) is 6.93. The minimum absolute atomic E-state index is 0.101. The molecule has 0 aromatic heterocycles. The molecule has 1 amide bonds. The van der Waals surface area contributed by atoms with E-state index in [1.54, 1.807) is 13.8 Å². The fraction of sp³-hybridized carbons (Fsp3) is 0.800. The van der Waals surface area contributed by atoms with Crippen LogP contribution in [0.3, 0.4) is 0 Å². The van der Waals surface area contributed by atoms with Crippen LogP contribution in [0.25, 0.3) is 0 Å². The Morgan fingerprint density at radius 3 is 2.20 bits per heavy atom. The standard InChI is InChI=1S/C10H20N2O3/c1-4-6(3)8(10(14)15)12-9(13)7(11)5-2/h6-8H,4-5,11H2,1-3H3,(H,12,13)(H,14,15)/t6-,7-,8-/m1/s1. The molecule has 4 N–H and O–H groups in total. The summed E-state index contributed by atoms with van der Waals surface area (Å²) in [5.74, 6) is -1.51. The molecule has 0 spiro atoms. The van der Waals surface area contributed by atoms with Gasteiger partial charge in [-0.25, -0.2) is 4.79 Å². The number of aliphatic carboxylic acids is 1. The van der Waals surface area contributed by atoms with Crippen molar-refractivity contribution in [3.05, 3.63) is 0 Å². The SMILES string of the molecule is CC[C@@H](N)C(=O)N[C@@H](C(=O)O)[C@H](C)CC. The third kappa shape index (κ3) is 4.29. The number of rotatable bonds is 6. The monoisotopic (exact) mass is 216 g/mol. The summed E-state index contributed by atoms with van der Waals surface area (Å²) < 4.78 is 0. The number of carbonyl (C=O) groups excluding carboxylic acids is 1. The van der Waals surface area contributed by atoms with Gasteiger partial charge in [-0.05, 0) is 12.3 Å². The van der Waals surface area contributed by atoms with Crippen molar-refractivity contribution in [2.24, 2.45) is 11.7 Å². The molecule has 0 radical (unpaired) electrons. The van der Waals surface area contributed by atoms with Gasteiger partial charge < -0.3 is 16.2 Å². The van der Waals surface area contributed by atoms with Crippen LogP contribution in [0.2, 0.25) is 0 Å². The van der Waals surface area contributed by atoms with E-state index >= 15 is 0 Å². The van der Waals surface area contributed by atoms with Crippen LogP contribution in [0.15, 0.2) is 0 Å². The molecule has 0 aliphatic carbocycles. The second-order valence-electron chi connectivity index (χ2n) is 3.72. The average molecular weight is 216 g/mol. The Morgan fingerprint density at radius 2 is 1.87 bits per heavy atom. The Bertz CT molecular complexity index is 231. The first-order valence-corrected chi connectivity index (χ1v) is 5.22. The molecule has 0 heterocycles. The van der Waals surface area contributed by atoms with Crippen LogP contribution in [0, 0.1) is 5.92 Å². The molecule has 0 fully saturated rings. The predicted octanol–water partition coefficient (Wildman–Crippen LogP) is 0.339. The molecule has 0 saturated carbocycles. The normalized spacial score (nSPS) is 16.5. The van der Waals surface area contributed by atoms with Crippen LogP contribution in [0.4, 0.5) is 0 Å². The fourth-order valence-corrected chi connectivity index (χ4v) is 1.13. The third-order valence-corrected chi connectivity index (χ3v) is 2.55. The number of amides is 1. The first kappa shape index (κ1) is 13.9. The van der Waals surface area contributed by atoms with E-state index in [2.05, 4.69) is 5.32 Å². The molecule has 5 nitrogen and oxygen atoms in total. The van der Waals surface area contributed by atoms with Crippen molar-refractivity contribution in [2.45, 2.75) is 45.7 Å². The van der Waals surface area contributed by atoms with Crippen LogP contribution < -0.4 is 11.1 Å². The van der Waals surface area contributed by atoms with Crippen LogP contribution in [-0.2, 0) is 9.59 Å². The number of carboxylic acid groups (broad SMARTS) is 1. The van der Waals surface area contributed by atoms with E-state index in [0.717, 1.165) is 0 Å². The quantitative estimate of drug-likeness (QED) is 0.597. The lowest BCUT2D eigenvalue weighted by atomic mass is 9.99. The highest BCUT2D eigenvalue weighted by atomic mass is 16.4. The highest BCUT2D eigenvalue weighted by molar-refractivity contribution is 5.86. The summed E-state index contributed by atoms with van der Waals surface area (Å²) >= 11 is 0. The number of carboxylic acids is 1. The summed E-state index contributed by atoms with van der Waals surface area (Å²) in [5.41, 5.74) is 5.50. The average Bonchev–Trinajstić information content (AvgIpc) is 2.22. The van der Waals surface area contributed by atoms with Crippen molar-refractivity contribution in [2.75, 3.05) is 0 Å². The minimum atomic E-state index is -1.01. The summed E-state index contributed by atoms with van der Waals surface area (Å²) in [7, 11) is 0. The van der Waals surface area contributed by atoms with Gasteiger partial charge >= 0.3 is 5.97 Å². The van der Waals surface area contributed by atoms with Crippen LogP contribution in [-0.4, -0.2) is 29.1 Å². The maximum atomic E-state index is 11.4. The van der Waals surface area contributed by atoms with Gasteiger partial charge in [-0.3, -0.25) is 4.79 Å². The molecule has 0 rings (SSSR count). The summed E-state index contributed by atoms with van der Waals surface area (Å²) in [4.78, 5) is 22.3. The molecular formula is C10H20N2O3. The van der Waals surface area contributed by atoms with E-state index in [0.29, 0.717) is 12.8 Å². The van der Waals surface area contributed by atoms with Crippen LogP contribution >= 0.6 is 0 Å². The van der Waals surface area contributed by atoms with E-state index in [-0.39, 0.29) is 5.92 Å². The van der Waals surface area contributed by atoms with E-state index in [1.807, 2.05) is 6.92 Å². The summed E-state index contributed by atoms with van der Waals surface area (Å²) in [6, 6.07) is -1.48. The number of nitrogens with two attached hydrogens (primary N) is 1. The first-order valence-electron chi connectivity index (χ1n) is 5.22. The summed E-state index contributed by atoms with van der Waals surface area (Å²) in [6.45, 7) is 5.45. The second-order valence-corrected chi connectivity index (χ2v) is 3.72. The number of carbonyl (C=O) groups is 2. The van der Waals surface area contributed by atoms with Crippen molar-refractivity contribution < 1.29 is 14.7 Å². The molecule has 3 atom stereocenters. The zero-order valence-corrected chi connectivity index (χ0v) is 9.49. The van der Waals surface area contributed by atoms with Crippen molar-refractivity contribution in [1.29, 1.82) is 0 Å². The van der Waals surface area contributed by atoms with Gasteiger partial charge in [-0.2, -0.15) is 0 Å². The van der Waals surface area contributed by atoms with E-state index in [4.69, 9.17) is 10.8 Å². The number of hydrogen-bond donors (Lipinski definition) is 3. The molecule has 0 aromatic rings. The van der Waals surface area contributed by atoms with Gasteiger partial charge in [0.05, 0.1) is 6.04 Å². The summed E-state index contributed by atoms with van der Waals surface area (Å²) in [5, 5.41) is 11.4. The van der Waals surface area contributed by atoms with Crippen molar-refractivity contribution in [3.8, 4) is 0 Å². The zero-order valence-electron chi connectivity index (χ0n) is 9.49. The molecular weight excluding hydrogens is 196 g/mol. The van der Waals surface area contributed by atoms with Crippen molar-refractivity contribution in [1.82, 2.24) is 5.32 Å². The largest absolute Gasteiger partial charge is 0.480 e. The van der Waals surface area contributed by atoms with Gasteiger partial charge in [0.25, 0.3) is 0 Å². The van der Waals surface area contributed by atoms with Gasteiger partial charge in [0.1, 0.15) is 6.04 Å². The molecule has 0 unspecified atom stereocenters. The van der Waals surface area contributed by atoms with Crippen molar-refractivity contribution in [3.63, 3.8) is 0 Å². The molecule has 0 aromatic carbocycles. The number of nitrogens with one attached hydrogen (secondary N) is 1. The fourth-order valence-electron chi connectivity index (χ4n) is 1.13. The molecule has 0 bridgehead atoms. The van der Waals surface area contributed by atoms with Gasteiger partial charge in [-0.1, -0.05) is 27.2 Å². The Hall–Kier alpha value is -1.10. The Balaban J connectivity index is 4.42. The predicted molar refractivity (Wildman–Crippen MR) is 57.3 cm³/mol. The van der Waals surface area contributed by atoms with Crippen LogP contribution in [0.5, 0.6) is 0 Å². The minimum Gasteiger partial charge on any atom is -0.480 e. The smallest absolute Gasteiger partial charge is 0.326 e. The molecule has 15 heavy (non-hydrogen) atoms. The molecule has 88 valence electrons. The van der Waals surface area contributed by atoms with Crippen LogP contribution in [0.1, 0.15) is 33.6 Å². The van der Waals surface area contributed by atoms with Gasteiger partial charge in [0.15, 0.2) is 0 Å². The molecule has 0 aliphatic rings. The van der Waals surface area contributed by atoms with E-state index in [1.165, 1.54) is 0 Å². The zero-order chi connectivity index (χ0) is 12.0. The highest BCUT2D eigenvalue weighted by Gasteiger charge is 2.26. The maximum absolute atomic E-state index is 11.4. The topological polar surface area (TPSA) is 92.4 Å². The number of hydrogen-bond acceptors (Lipinski definition) is 3.